The molecule has 3 rings (SSSR count). The van der Waals surface area contributed by atoms with Crippen molar-refractivity contribution in [2.45, 2.75) is 46.6 Å². The first-order valence-electron chi connectivity index (χ1n) is 7.45. The van der Waals surface area contributed by atoms with Crippen molar-refractivity contribution in [2.24, 2.45) is 5.73 Å². The van der Waals surface area contributed by atoms with Gasteiger partial charge in [-0.2, -0.15) is 0 Å². The van der Waals surface area contributed by atoms with Crippen LogP contribution in [0, 0.1) is 27.7 Å². The van der Waals surface area contributed by atoms with Crippen LogP contribution in [0.1, 0.15) is 45.8 Å². The second kappa shape index (κ2) is 4.75. The Morgan fingerprint density at radius 2 is 1.60 bits per heavy atom. The van der Waals surface area contributed by atoms with Crippen molar-refractivity contribution < 1.29 is 0 Å². The maximum Gasteiger partial charge on any atom is 0.0300 e. The fraction of sp³-hybridized carbons (Fsp3) is 0.368. The third kappa shape index (κ3) is 1.97. The molecule has 0 radical (unpaired) electrons. The molecule has 0 bridgehead atoms. The van der Waals surface area contributed by atoms with E-state index < -0.39 is 0 Å². The number of nitrogens with two attached hydrogens (primary N) is 1. The molecule has 1 heteroatoms. The van der Waals surface area contributed by atoms with E-state index >= 15 is 0 Å². The van der Waals surface area contributed by atoms with Gasteiger partial charge in [-0.15, -0.1) is 0 Å². The lowest BCUT2D eigenvalue weighted by atomic mass is 9.88. The highest BCUT2D eigenvalue weighted by Crippen LogP contribution is 2.36. The maximum absolute atomic E-state index is 6.14. The molecule has 1 aliphatic rings. The number of benzene rings is 2. The van der Waals surface area contributed by atoms with Crippen LogP contribution in [0.25, 0.3) is 11.1 Å². The Morgan fingerprint density at radius 1 is 0.950 bits per heavy atom. The van der Waals surface area contributed by atoms with Crippen LogP contribution in [-0.4, -0.2) is 0 Å². The number of rotatable bonds is 1. The van der Waals surface area contributed by atoms with Crippen LogP contribution in [0.4, 0.5) is 0 Å². The van der Waals surface area contributed by atoms with E-state index in [1.54, 1.807) is 0 Å². The van der Waals surface area contributed by atoms with E-state index in [1.165, 1.54) is 44.5 Å². The van der Waals surface area contributed by atoms with E-state index in [9.17, 15) is 0 Å². The van der Waals surface area contributed by atoms with Gasteiger partial charge in [0.1, 0.15) is 0 Å². The van der Waals surface area contributed by atoms with E-state index in [0.29, 0.717) is 0 Å². The predicted octanol–water partition coefficient (Wildman–Crippen LogP) is 4.53. The average Bonchev–Trinajstić information content (AvgIpc) is 2.78. The van der Waals surface area contributed by atoms with Crippen molar-refractivity contribution in [3.8, 4) is 11.1 Å². The van der Waals surface area contributed by atoms with Gasteiger partial charge in [0.2, 0.25) is 0 Å². The summed E-state index contributed by atoms with van der Waals surface area (Å²) in [6.45, 7) is 8.87. The van der Waals surface area contributed by atoms with Gasteiger partial charge in [0.15, 0.2) is 0 Å². The molecule has 1 nitrogen and oxygen atoms in total. The first kappa shape index (κ1) is 13.4. The summed E-state index contributed by atoms with van der Waals surface area (Å²) in [5.41, 5.74) is 17.2. The first-order chi connectivity index (χ1) is 9.49. The Labute approximate surface area is 121 Å². The van der Waals surface area contributed by atoms with Crippen molar-refractivity contribution >= 4 is 0 Å². The maximum atomic E-state index is 6.14. The summed E-state index contributed by atoms with van der Waals surface area (Å²) >= 11 is 0. The lowest BCUT2D eigenvalue weighted by Crippen LogP contribution is -2.05. The van der Waals surface area contributed by atoms with Gasteiger partial charge in [0.25, 0.3) is 0 Å². The Hall–Kier alpha value is -1.60. The van der Waals surface area contributed by atoms with Gasteiger partial charge in [-0.05, 0) is 85.0 Å². The minimum Gasteiger partial charge on any atom is -0.324 e. The molecule has 2 N–H and O–H groups in total. The summed E-state index contributed by atoms with van der Waals surface area (Å²) in [7, 11) is 0. The van der Waals surface area contributed by atoms with Crippen LogP contribution < -0.4 is 5.73 Å². The standard InChI is InChI=1S/C19H23N/c1-11-9-12(2)14(4)19(13(11)3)16-5-7-17-15(10-16)6-8-18(17)20/h5,7,9-10,18H,6,8,20H2,1-4H3. The zero-order valence-corrected chi connectivity index (χ0v) is 12.9. The highest BCUT2D eigenvalue weighted by Gasteiger charge is 2.20. The van der Waals surface area contributed by atoms with E-state index in [1.807, 2.05) is 0 Å². The number of fused-ring (bicyclic) bond motifs is 1. The van der Waals surface area contributed by atoms with E-state index in [-0.39, 0.29) is 6.04 Å². The average molecular weight is 265 g/mol. The first-order valence-corrected chi connectivity index (χ1v) is 7.45. The quantitative estimate of drug-likeness (QED) is 0.805. The second-order valence-electron chi connectivity index (χ2n) is 6.19. The zero-order chi connectivity index (χ0) is 14.4. The lowest BCUT2D eigenvalue weighted by Gasteiger charge is -2.16. The lowest BCUT2D eigenvalue weighted by molar-refractivity contribution is 0.713. The third-order valence-corrected chi connectivity index (χ3v) is 4.92. The fourth-order valence-corrected chi connectivity index (χ4v) is 3.46. The van der Waals surface area contributed by atoms with Gasteiger partial charge in [0, 0.05) is 6.04 Å². The molecule has 20 heavy (non-hydrogen) atoms. The molecule has 0 amide bonds. The van der Waals surface area contributed by atoms with Crippen LogP contribution in [-0.2, 0) is 6.42 Å². The summed E-state index contributed by atoms with van der Waals surface area (Å²) in [5, 5.41) is 0. The van der Waals surface area contributed by atoms with Crippen molar-refractivity contribution in [3.63, 3.8) is 0 Å². The van der Waals surface area contributed by atoms with Gasteiger partial charge < -0.3 is 5.73 Å². The van der Waals surface area contributed by atoms with E-state index in [2.05, 4.69) is 52.0 Å². The summed E-state index contributed by atoms with van der Waals surface area (Å²) in [6, 6.07) is 9.37. The number of hydrogen-bond acceptors (Lipinski definition) is 1. The van der Waals surface area contributed by atoms with E-state index in [0.717, 1.165) is 12.8 Å². The Morgan fingerprint density at radius 3 is 2.25 bits per heavy atom. The molecule has 104 valence electrons. The third-order valence-electron chi connectivity index (χ3n) is 4.92. The molecule has 1 aliphatic carbocycles. The zero-order valence-electron chi connectivity index (χ0n) is 12.9. The molecule has 2 aromatic rings. The Balaban J connectivity index is 2.20. The molecule has 0 saturated heterocycles. The van der Waals surface area contributed by atoms with Crippen molar-refractivity contribution in [2.75, 3.05) is 0 Å². The summed E-state index contributed by atoms with van der Waals surface area (Å²) in [4.78, 5) is 0. The minimum absolute atomic E-state index is 0.237. The predicted molar refractivity (Wildman–Crippen MR) is 86.1 cm³/mol. The SMILES string of the molecule is Cc1cc(C)c(C)c(-c2ccc3c(c2)CCC3N)c1C. The van der Waals surface area contributed by atoms with Gasteiger partial charge >= 0.3 is 0 Å². The van der Waals surface area contributed by atoms with Crippen LogP contribution in [0.5, 0.6) is 0 Å². The fourth-order valence-electron chi connectivity index (χ4n) is 3.46. The van der Waals surface area contributed by atoms with Crippen LogP contribution in [0.2, 0.25) is 0 Å². The molecular formula is C19H23N. The molecule has 0 aliphatic heterocycles. The van der Waals surface area contributed by atoms with Gasteiger partial charge in [-0.3, -0.25) is 0 Å². The number of hydrogen-bond donors (Lipinski definition) is 1. The molecule has 0 aromatic heterocycles. The summed E-state index contributed by atoms with van der Waals surface area (Å²) < 4.78 is 0. The Kier molecular flexibility index (Phi) is 3.18. The molecule has 0 fully saturated rings. The summed E-state index contributed by atoms with van der Waals surface area (Å²) in [6.07, 6.45) is 2.21. The molecular weight excluding hydrogens is 242 g/mol. The number of aryl methyl sites for hydroxylation is 3. The van der Waals surface area contributed by atoms with Crippen molar-refractivity contribution in [1.29, 1.82) is 0 Å². The highest BCUT2D eigenvalue weighted by molar-refractivity contribution is 5.74. The Bertz CT molecular complexity index is 656. The monoisotopic (exact) mass is 265 g/mol. The van der Waals surface area contributed by atoms with Crippen molar-refractivity contribution in [1.82, 2.24) is 0 Å². The second-order valence-corrected chi connectivity index (χ2v) is 6.19. The van der Waals surface area contributed by atoms with Gasteiger partial charge in [-0.1, -0.05) is 24.3 Å². The van der Waals surface area contributed by atoms with Crippen molar-refractivity contribution in [3.05, 3.63) is 57.6 Å². The molecule has 0 heterocycles. The van der Waals surface area contributed by atoms with E-state index in [4.69, 9.17) is 5.73 Å². The topological polar surface area (TPSA) is 26.0 Å². The molecule has 1 atom stereocenters. The molecule has 0 spiro atoms. The molecule has 0 saturated carbocycles. The van der Waals surface area contributed by atoms with Crippen LogP contribution >= 0.6 is 0 Å². The van der Waals surface area contributed by atoms with Gasteiger partial charge in [0.05, 0.1) is 0 Å². The molecule has 1 unspecified atom stereocenters. The van der Waals surface area contributed by atoms with Crippen LogP contribution in [0.15, 0.2) is 24.3 Å². The van der Waals surface area contributed by atoms with Gasteiger partial charge in [-0.25, -0.2) is 0 Å². The summed E-state index contributed by atoms with van der Waals surface area (Å²) in [5.74, 6) is 0. The van der Waals surface area contributed by atoms with Crippen LogP contribution in [0.3, 0.4) is 0 Å². The minimum atomic E-state index is 0.237. The largest absolute Gasteiger partial charge is 0.324 e. The highest BCUT2D eigenvalue weighted by atomic mass is 14.6. The smallest absolute Gasteiger partial charge is 0.0300 e. The normalized spacial score (nSPS) is 17.4. The molecule has 2 aromatic carbocycles.